The zero-order valence-corrected chi connectivity index (χ0v) is 16.0. The number of hydrogen-bond donors (Lipinski definition) is 2. The second kappa shape index (κ2) is 6.94. The molecule has 0 radical (unpaired) electrons. The summed E-state index contributed by atoms with van der Waals surface area (Å²) in [6.45, 7) is 3.05. The van der Waals surface area contributed by atoms with Gasteiger partial charge in [0.1, 0.15) is 0 Å². The summed E-state index contributed by atoms with van der Waals surface area (Å²) in [7, 11) is 0. The first-order valence-electron chi connectivity index (χ1n) is 9.54. The second-order valence-corrected chi connectivity index (χ2v) is 8.21. The van der Waals surface area contributed by atoms with Gasteiger partial charge >= 0.3 is 0 Å². The topological polar surface area (TPSA) is 66.0 Å². The summed E-state index contributed by atoms with van der Waals surface area (Å²) in [6, 6.07) is 13.0. The van der Waals surface area contributed by atoms with Crippen molar-refractivity contribution in [2.45, 2.75) is 18.9 Å². The minimum atomic E-state index is 0.281. The largest absolute Gasteiger partial charge is 0.381 e. The molecular formula is C21H23N5S. The molecule has 3 N–H and O–H groups in total. The van der Waals surface area contributed by atoms with Crippen LogP contribution >= 0.6 is 11.3 Å². The molecule has 0 aliphatic carbocycles. The van der Waals surface area contributed by atoms with Gasteiger partial charge in [-0.1, -0.05) is 30.3 Å². The van der Waals surface area contributed by atoms with Crippen LogP contribution in [0.2, 0.25) is 0 Å². The number of piperidine rings is 1. The van der Waals surface area contributed by atoms with E-state index in [1.165, 1.54) is 28.8 Å². The molecule has 3 aliphatic rings. The molecule has 0 amide bonds. The van der Waals surface area contributed by atoms with Gasteiger partial charge in [0.2, 0.25) is 0 Å². The summed E-state index contributed by atoms with van der Waals surface area (Å²) in [6.07, 6.45) is 4.36. The summed E-state index contributed by atoms with van der Waals surface area (Å²) in [5.74, 6) is 1.95. The zero-order chi connectivity index (χ0) is 18.2. The van der Waals surface area contributed by atoms with Crippen LogP contribution in [0.1, 0.15) is 17.7 Å². The molecular weight excluding hydrogens is 354 g/mol. The van der Waals surface area contributed by atoms with Crippen molar-refractivity contribution in [2.75, 3.05) is 19.6 Å². The van der Waals surface area contributed by atoms with Gasteiger partial charge < -0.3 is 16.0 Å². The van der Waals surface area contributed by atoms with Gasteiger partial charge in [-0.2, -0.15) is 0 Å². The van der Waals surface area contributed by atoms with Crippen LogP contribution in [-0.4, -0.2) is 42.2 Å². The smallest absolute Gasteiger partial charge is 0.171 e. The molecule has 0 bridgehead atoms. The first-order valence-corrected chi connectivity index (χ1v) is 10.4. The standard InChI is InChI=1S/C21H23N5S/c22-20-21-25-17(15-7-4-9-23-11-15)13-26(21)18(12-24-20)19-16(8-10-27-19)14-5-2-1-3-6-14/h1-3,5-6,8,10,12,15,17,23H,4,7,9,11,13H2,(H2,22,24)/t15?,17-/m0/s1. The number of thiophene rings is 1. The third-order valence-electron chi connectivity index (χ3n) is 5.62. The highest BCUT2D eigenvalue weighted by Gasteiger charge is 2.37. The molecule has 1 saturated heterocycles. The molecule has 1 aromatic heterocycles. The molecule has 0 saturated carbocycles. The number of benzene rings is 1. The SMILES string of the molecule is NC1=NC=C(c2sccc2-c2ccccc2)N2C[C@@H](C3CCCNC3)N=C12. The summed E-state index contributed by atoms with van der Waals surface area (Å²) >= 11 is 1.75. The van der Waals surface area contributed by atoms with Crippen molar-refractivity contribution >= 4 is 28.7 Å². The van der Waals surface area contributed by atoms with E-state index in [1.54, 1.807) is 11.3 Å². The third kappa shape index (κ3) is 2.99. The Bertz CT molecular complexity index is 921. The van der Waals surface area contributed by atoms with E-state index in [-0.39, 0.29) is 6.04 Å². The van der Waals surface area contributed by atoms with Crippen molar-refractivity contribution < 1.29 is 0 Å². The summed E-state index contributed by atoms with van der Waals surface area (Å²) in [5.41, 5.74) is 9.78. The van der Waals surface area contributed by atoms with Crippen molar-refractivity contribution in [3.05, 3.63) is 52.9 Å². The number of rotatable bonds is 3. The van der Waals surface area contributed by atoms with E-state index in [9.17, 15) is 0 Å². The van der Waals surface area contributed by atoms with Crippen LogP contribution in [-0.2, 0) is 0 Å². The maximum Gasteiger partial charge on any atom is 0.171 e. The Morgan fingerprint density at radius 1 is 1.19 bits per heavy atom. The molecule has 6 heteroatoms. The highest BCUT2D eigenvalue weighted by Crippen LogP contribution is 2.38. The van der Waals surface area contributed by atoms with E-state index in [1.807, 2.05) is 6.20 Å². The highest BCUT2D eigenvalue weighted by molar-refractivity contribution is 7.11. The number of nitrogens with one attached hydrogen (secondary N) is 1. The molecule has 1 unspecified atom stereocenters. The minimum absolute atomic E-state index is 0.281. The van der Waals surface area contributed by atoms with Gasteiger partial charge in [-0.3, -0.25) is 4.99 Å². The van der Waals surface area contributed by atoms with Crippen LogP contribution in [0.5, 0.6) is 0 Å². The van der Waals surface area contributed by atoms with Gasteiger partial charge in [0.05, 0.1) is 22.8 Å². The Labute approximate surface area is 163 Å². The van der Waals surface area contributed by atoms with Crippen molar-refractivity contribution in [2.24, 2.45) is 21.6 Å². The van der Waals surface area contributed by atoms with E-state index in [2.05, 4.69) is 57.0 Å². The lowest BCUT2D eigenvalue weighted by atomic mass is 9.92. The maximum atomic E-state index is 6.20. The van der Waals surface area contributed by atoms with Gasteiger partial charge in [0, 0.05) is 18.7 Å². The van der Waals surface area contributed by atoms with E-state index in [0.717, 1.165) is 31.2 Å². The van der Waals surface area contributed by atoms with Crippen molar-refractivity contribution in [1.29, 1.82) is 0 Å². The molecule has 138 valence electrons. The van der Waals surface area contributed by atoms with Gasteiger partial charge in [-0.25, -0.2) is 4.99 Å². The molecule has 5 nitrogen and oxygen atoms in total. The Morgan fingerprint density at radius 3 is 2.89 bits per heavy atom. The minimum Gasteiger partial charge on any atom is -0.381 e. The Hall–Kier alpha value is -2.44. The fraction of sp³-hybridized carbons (Fsp3) is 0.333. The van der Waals surface area contributed by atoms with Crippen LogP contribution in [0.3, 0.4) is 0 Å². The lowest BCUT2D eigenvalue weighted by molar-refractivity contribution is 0.316. The van der Waals surface area contributed by atoms with E-state index in [0.29, 0.717) is 11.8 Å². The molecule has 2 aromatic rings. The van der Waals surface area contributed by atoms with Gasteiger partial charge in [-0.05, 0) is 42.3 Å². The van der Waals surface area contributed by atoms with E-state index >= 15 is 0 Å². The van der Waals surface area contributed by atoms with Gasteiger partial charge in [0.25, 0.3) is 0 Å². The fourth-order valence-corrected chi connectivity index (χ4v) is 5.15. The van der Waals surface area contributed by atoms with Crippen LogP contribution < -0.4 is 11.1 Å². The fourth-order valence-electron chi connectivity index (χ4n) is 4.21. The number of aliphatic imine (C=N–C) groups is 2. The monoisotopic (exact) mass is 377 g/mol. The number of amidine groups is 2. The molecule has 1 aromatic carbocycles. The van der Waals surface area contributed by atoms with E-state index < -0.39 is 0 Å². The van der Waals surface area contributed by atoms with Crippen molar-refractivity contribution in [1.82, 2.24) is 10.2 Å². The van der Waals surface area contributed by atoms with Crippen LogP contribution in [0.15, 0.2) is 58.0 Å². The number of nitrogens with zero attached hydrogens (tertiary/aromatic N) is 3. The van der Waals surface area contributed by atoms with Crippen molar-refractivity contribution in [3.8, 4) is 11.1 Å². The number of nitrogens with two attached hydrogens (primary N) is 1. The first kappa shape index (κ1) is 16.7. The third-order valence-corrected chi connectivity index (χ3v) is 6.56. The zero-order valence-electron chi connectivity index (χ0n) is 15.1. The average Bonchev–Trinajstić information content (AvgIpc) is 3.38. The summed E-state index contributed by atoms with van der Waals surface area (Å²) < 4.78 is 0. The molecule has 5 rings (SSSR count). The molecule has 2 atom stereocenters. The lowest BCUT2D eigenvalue weighted by Gasteiger charge is -2.29. The summed E-state index contributed by atoms with van der Waals surface area (Å²) in [4.78, 5) is 13.0. The van der Waals surface area contributed by atoms with Crippen LogP contribution in [0, 0.1) is 5.92 Å². The normalized spacial score (nSPS) is 24.9. The van der Waals surface area contributed by atoms with E-state index in [4.69, 9.17) is 10.7 Å². The maximum absolute atomic E-state index is 6.20. The predicted octanol–water partition coefficient (Wildman–Crippen LogP) is 3.17. The second-order valence-electron chi connectivity index (χ2n) is 7.30. The predicted molar refractivity (Wildman–Crippen MR) is 113 cm³/mol. The lowest BCUT2D eigenvalue weighted by Crippen LogP contribution is -2.41. The summed E-state index contributed by atoms with van der Waals surface area (Å²) in [5, 5.41) is 5.66. The quantitative estimate of drug-likeness (QED) is 0.863. The molecule has 4 heterocycles. The molecule has 0 spiro atoms. The Kier molecular flexibility index (Phi) is 4.30. The molecule has 3 aliphatic heterocycles. The Morgan fingerprint density at radius 2 is 2.07 bits per heavy atom. The van der Waals surface area contributed by atoms with Gasteiger partial charge in [-0.15, -0.1) is 11.3 Å². The molecule has 27 heavy (non-hydrogen) atoms. The number of fused-ring (bicyclic) bond motifs is 1. The van der Waals surface area contributed by atoms with Gasteiger partial charge in [0.15, 0.2) is 11.7 Å². The Balaban J connectivity index is 1.49. The highest BCUT2D eigenvalue weighted by atomic mass is 32.1. The molecule has 1 fully saturated rings. The van der Waals surface area contributed by atoms with Crippen molar-refractivity contribution in [3.63, 3.8) is 0 Å². The van der Waals surface area contributed by atoms with Crippen LogP contribution in [0.25, 0.3) is 16.8 Å². The van der Waals surface area contributed by atoms with Crippen LogP contribution in [0.4, 0.5) is 0 Å². The average molecular weight is 378 g/mol. The first-order chi connectivity index (χ1) is 13.3. The number of hydrogen-bond acceptors (Lipinski definition) is 6.